The Morgan fingerprint density at radius 3 is 2.50 bits per heavy atom. The lowest BCUT2D eigenvalue weighted by molar-refractivity contribution is -0.137. The van der Waals surface area contributed by atoms with Gasteiger partial charge in [0.25, 0.3) is 0 Å². The van der Waals surface area contributed by atoms with Gasteiger partial charge in [-0.1, -0.05) is 12.1 Å². The smallest absolute Gasteiger partial charge is 0.357 e. The molecule has 2 N–H and O–H groups in total. The molecule has 0 atom stereocenters. The Morgan fingerprint density at radius 2 is 1.88 bits per heavy atom. The average molecular weight is 368 g/mol. The molecule has 0 radical (unpaired) electrons. The first-order chi connectivity index (χ1) is 12.4. The van der Waals surface area contributed by atoms with E-state index in [-0.39, 0.29) is 0 Å². The van der Waals surface area contributed by atoms with Crippen LogP contribution in [-0.4, -0.2) is 33.8 Å². The van der Waals surface area contributed by atoms with Crippen LogP contribution in [0.5, 0.6) is 0 Å². The fourth-order valence-electron chi connectivity index (χ4n) is 2.34. The number of nitrogens with zero attached hydrogens (tertiary/aromatic N) is 4. The van der Waals surface area contributed by atoms with E-state index in [1.54, 1.807) is 6.33 Å². The summed E-state index contributed by atoms with van der Waals surface area (Å²) in [7, 11) is 0. The summed E-state index contributed by atoms with van der Waals surface area (Å²) in [4.78, 5) is 4.46. The highest BCUT2D eigenvalue weighted by Gasteiger charge is 2.29. The molecule has 26 heavy (non-hydrogen) atoms. The van der Waals surface area contributed by atoms with Gasteiger partial charge >= 0.3 is 6.18 Å². The Morgan fingerprint density at radius 1 is 1.15 bits per heavy atom. The molecule has 9 heteroatoms. The third kappa shape index (κ3) is 5.75. The number of alkyl halides is 3. The number of hydrogen-bond acceptors (Lipinski definition) is 3. The third-order valence-corrected chi connectivity index (χ3v) is 3.75. The number of halogens is 3. The largest absolute Gasteiger partial charge is 0.416 e. The standard InChI is InChI=1S/C17H23F3N6/c1-3-21-16(23-11-15-25-24-12-26(15)4-2)22-10-9-13-5-7-14(8-6-13)17(18,19)20/h5-8,12H,3-4,9-11H2,1-2H3,(H2,21,22,23). The predicted octanol–water partition coefficient (Wildman–Crippen LogP) is 2.61. The van der Waals surface area contributed by atoms with Gasteiger partial charge in [0.05, 0.1) is 5.56 Å². The van der Waals surface area contributed by atoms with E-state index in [2.05, 4.69) is 25.8 Å². The zero-order valence-corrected chi connectivity index (χ0v) is 14.8. The van der Waals surface area contributed by atoms with Crippen molar-refractivity contribution in [3.05, 3.63) is 47.5 Å². The van der Waals surface area contributed by atoms with Crippen molar-refractivity contribution in [2.45, 2.75) is 39.5 Å². The van der Waals surface area contributed by atoms with Gasteiger partial charge in [-0.3, -0.25) is 0 Å². The summed E-state index contributed by atoms with van der Waals surface area (Å²) in [6.45, 7) is 6.38. The topological polar surface area (TPSA) is 67.1 Å². The van der Waals surface area contributed by atoms with Gasteiger partial charge in [-0.2, -0.15) is 13.2 Å². The first-order valence-electron chi connectivity index (χ1n) is 8.49. The summed E-state index contributed by atoms with van der Waals surface area (Å²) in [6, 6.07) is 5.20. The monoisotopic (exact) mass is 368 g/mol. The van der Waals surface area contributed by atoms with Crippen molar-refractivity contribution in [1.29, 1.82) is 0 Å². The number of aliphatic imine (C=N–C) groups is 1. The molecular weight excluding hydrogens is 345 g/mol. The van der Waals surface area contributed by atoms with Crippen LogP contribution in [0.1, 0.15) is 30.8 Å². The zero-order chi connectivity index (χ0) is 19.0. The fourth-order valence-corrected chi connectivity index (χ4v) is 2.34. The molecule has 0 saturated carbocycles. The minimum Gasteiger partial charge on any atom is -0.357 e. The third-order valence-electron chi connectivity index (χ3n) is 3.75. The maximum absolute atomic E-state index is 12.6. The van der Waals surface area contributed by atoms with Crippen molar-refractivity contribution >= 4 is 5.96 Å². The Kier molecular flexibility index (Phi) is 6.99. The van der Waals surface area contributed by atoms with Crippen molar-refractivity contribution in [3.63, 3.8) is 0 Å². The van der Waals surface area contributed by atoms with Crippen LogP contribution in [0.25, 0.3) is 0 Å². The van der Waals surface area contributed by atoms with E-state index in [0.717, 1.165) is 30.1 Å². The molecule has 0 spiro atoms. The lowest BCUT2D eigenvalue weighted by Gasteiger charge is -2.12. The first kappa shape index (κ1) is 19.7. The molecule has 142 valence electrons. The average Bonchev–Trinajstić information content (AvgIpc) is 3.07. The van der Waals surface area contributed by atoms with E-state index in [0.29, 0.717) is 32.0 Å². The minimum atomic E-state index is -4.30. The van der Waals surface area contributed by atoms with E-state index in [1.807, 2.05) is 18.4 Å². The quantitative estimate of drug-likeness (QED) is 0.582. The van der Waals surface area contributed by atoms with Crippen LogP contribution >= 0.6 is 0 Å². The van der Waals surface area contributed by atoms with Crippen LogP contribution < -0.4 is 10.6 Å². The molecule has 0 aliphatic rings. The highest BCUT2D eigenvalue weighted by atomic mass is 19.4. The van der Waals surface area contributed by atoms with Gasteiger partial charge in [0.1, 0.15) is 12.9 Å². The maximum atomic E-state index is 12.6. The molecule has 0 bridgehead atoms. The molecule has 0 amide bonds. The van der Waals surface area contributed by atoms with E-state index in [4.69, 9.17) is 0 Å². The van der Waals surface area contributed by atoms with Gasteiger partial charge in [-0.25, -0.2) is 4.99 Å². The van der Waals surface area contributed by atoms with Gasteiger partial charge in [0, 0.05) is 19.6 Å². The van der Waals surface area contributed by atoms with Gasteiger partial charge < -0.3 is 15.2 Å². The van der Waals surface area contributed by atoms with Gasteiger partial charge in [-0.05, 0) is 38.0 Å². The van der Waals surface area contributed by atoms with Crippen molar-refractivity contribution in [1.82, 2.24) is 25.4 Å². The summed E-state index contributed by atoms with van der Waals surface area (Å²) in [5.74, 6) is 1.40. The Bertz CT molecular complexity index is 706. The van der Waals surface area contributed by atoms with E-state index in [1.165, 1.54) is 12.1 Å². The van der Waals surface area contributed by atoms with Crippen LogP contribution in [0.2, 0.25) is 0 Å². The normalized spacial score (nSPS) is 12.3. The molecule has 1 aromatic heterocycles. The summed E-state index contributed by atoms with van der Waals surface area (Å²) >= 11 is 0. The molecule has 1 aromatic carbocycles. The lowest BCUT2D eigenvalue weighted by Crippen LogP contribution is -2.38. The summed E-state index contributed by atoms with van der Waals surface area (Å²) in [5.41, 5.74) is 0.191. The molecule has 0 fully saturated rings. The molecular formula is C17H23F3N6. The second-order valence-electron chi connectivity index (χ2n) is 5.60. The van der Waals surface area contributed by atoms with Crippen LogP contribution in [0, 0.1) is 0 Å². The SMILES string of the molecule is CCNC(=NCc1nncn1CC)NCCc1ccc(C(F)(F)F)cc1. The Balaban J connectivity index is 1.89. The second kappa shape index (κ2) is 9.21. The molecule has 0 saturated heterocycles. The van der Waals surface area contributed by atoms with Crippen LogP contribution in [0.3, 0.4) is 0 Å². The highest BCUT2D eigenvalue weighted by molar-refractivity contribution is 5.79. The predicted molar refractivity (Wildman–Crippen MR) is 93.7 cm³/mol. The molecule has 1 heterocycles. The molecule has 0 aliphatic heterocycles. The highest BCUT2D eigenvalue weighted by Crippen LogP contribution is 2.29. The lowest BCUT2D eigenvalue weighted by atomic mass is 10.1. The van der Waals surface area contributed by atoms with Crippen molar-refractivity contribution in [2.24, 2.45) is 4.99 Å². The van der Waals surface area contributed by atoms with E-state index >= 15 is 0 Å². The number of nitrogens with one attached hydrogen (secondary N) is 2. The number of hydrogen-bond donors (Lipinski definition) is 2. The number of aryl methyl sites for hydroxylation is 1. The molecule has 6 nitrogen and oxygen atoms in total. The van der Waals surface area contributed by atoms with Crippen molar-refractivity contribution in [3.8, 4) is 0 Å². The number of rotatable bonds is 7. The Hall–Kier alpha value is -2.58. The van der Waals surface area contributed by atoms with Gasteiger partial charge in [-0.15, -0.1) is 10.2 Å². The molecule has 0 unspecified atom stereocenters. The summed E-state index contributed by atoms with van der Waals surface area (Å²) in [5, 5.41) is 14.2. The summed E-state index contributed by atoms with van der Waals surface area (Å²) < 4.78 is 39.6. The molecule has 0 aliphatic carbocycles. The number of benzene rings is 1. The first-order valence-corrected chi connectivity index (χ1v) is 8.49. The van der Waals surface area contributed by atoms with Gasteiger partial charge in [0.15, 0.2) is 11.8 Å². The summed E-state index contributed by atoms with van der Waals surface area (Å²) in [6.07, 6.45) is -2.05. The van der Waals surface area contributed by atoms with Crippen molar-refractivity contribution < 1.29 is 13.2 Å². The second-order valence-corrected chi connectivity index (χ2v) is 5.60. The van der Waals surface area contributed by atoms with Crippen LogP contribution in [0.15, 0.2) is 35.6 Å². The maximum Gasteiger partial charge on any atom is 0.416 e. The Labute approximate surface area is 150 Å². The van der Waals surface area contributed by atoms with Gasteiger partial charge in [0.2, 0.25) is 0 Å². The van der Waals surface area contributed by atoms with E-state index < -0.39 is 11.7 Å². The number of aromatic nitrogens is 3. The number of guanidine groups is 1. The zero-order valence-electron chi connectivity index (χ0n) is 14.8. The fraction of sp³-hybridized carbons (Fsp3) is 0.471. The van der Waals surface area contributed by atoms with E-state index in [9.17, 15) is 13.2 Å². The van der Waals surface area contributed by atoms with Crippen LogP contribution in [0.4, 0.5) is 13.2 Å². The minimum absolute atomic E-state index is 0.392. The van der Waals surface area contributed by atoms with Crippen molar-refractivity contribution in [2.75, 3.05) is 13.1 Å². The molecule has 2 rings (SSSR count). The van der Waals surface area contributed by atoms with Crippen LogP contribution in [-0.2, 0) is 25.7 Å². The molecule has 2 aromatic rings.